The number of nitrogens with one attached hydrogen (secondary N) is 1. The molecule has 18 heavy (non-hydrogen) atoms. The Labute approximate surface area is 114 Å². The zero-order chi connectivity index (χ0) is 13.4. The third-order valence-corrected chi connectivity index (χ3v) is 3.86. The van der Waals surface area contributed by atoms with Crippen molar-refractivity contribution in [2.45, 2.75) is 65.0 Å². The van der Waals surface area contributed by atoms with Crippen LogP contribution in [0.25, 0.3) is 0 Å². The van der Waals surface area contributed by atoms with E-state index in [1.54, 1.807) is 0 Å². The van der Waals surface area contributed by atoms with E-state index in [1.807, 2.05) is 0 Å². The Hall–Kier alpha value is -0.520. The van der Waals surface area contributed by atoms with Crippen LogP contribution in [0.2, 0.25) is 0 Å². The Kier molecular flexibility index (Phi) is 7.39. The summed E-state index contributed by atoms with van der Waals surface area (Å²) in [5, 5.41) is 3.71. The lowest BCUT2D eigenvalue weighted by Gasteiger charge is -2.40. The predicted octanol–water partition coefficient (Wildman–Crippen LogP) is 2.89. The van der Waals surface area contributed by atoms with Crippen LogP contribution in [0.5, 0.6) is 0 Å². The maximum absolute atomic E-state index is 5.30. The van der Waals surface area contributed by atoms with E-state index in [1.165, 1.54) is 38.8 Å². The van der Waals surface area contributed by atoms with E-state index < -0.39 is 0 Å². The highest BCUT2D eigenvalue weighted by molar-refractivity contribution is 4.87. The number of terminal acetylenes is 1. The lowest BCUT2D eigenvalue weighted by molar-refractivity contribution is 0.117. The largest absolute Gasteiger partial charge is 0.311 e. The standard InChI is InChI=1S/C16H30N2/c1-5-7-8-9-10-18-13-15(11-14(3)4)17-12-16(18)6-2/h1,14-17H,6-13H2,2-4H3. The molecule has 1 rings (SSSR count). The molecule has 2 atom stereocenters. The third kappa shape index (κ3) is 5.42. The molecule has 0 aromatic carbocycles. The van der Waals surface area contributed by atoms with Crippen LogP contribution in [-0.2, 0) is 0 Å². The fourth-order valence-corrected chi connectivity index (χ4v) is 2.87. The summed E-state index contributed by atoms with van der Waals surface area (Å²) >= 11 is 0. The summed E-state index contributed by atoms with van der Waals surface area (Å²) in [5.41, 5.74) is 0. The van der Waals surface area contributed by atoms with E-state index in [0.717, 1.165) is 24.9 Å². The Bertz CT molecular complexity index is 254. The van der Waals surface area contributed by atoms with Crippen LogP contribution in [0.1, 0.15) is 52.9 Å². The van der Waals surface area contributed by atoms with Crippen LogP contribution in [0.15, 0.2) is 0 Å². The van der Waals surface area contributed by atoms with Gasteiger partial charge in [0.15, 0.2) is 0 Å². The minimum Gasteiger partial charge on any atom is -0.311 e. The van der Waals surface area contributed by atoms with Crippen LogP contribution in [0.4, 0.5) is 0 Å². The van der Waals surface area contributed by atoms with Gasteiger partial charge in [0.25, 0.3) is 0 Å². The molecule has 0 saturated carbocycles. The van der Waals surface area contributed by atoms with Crippen LogP contribution in [0, 0.1) is 18.3 Å². The monoisotopic (exact) mass is 250 g/mol. The van der Waals surface area contributed by atoms with Gasteiger partial charge < -0.3 is 5.32 Å². The highest BCUT2D eigenvalue weighted by Gasteiger charge is 2.26. The number of piperazine rings is 1. The molecular weight excluding hydrogens is 220 g/mol. The number of hydrogen-bond acceptors (Lipinski definition) is 2. The molecule has 1 N–H and O–H groups in total. The molecule has 0 spiro atoms. The van der Waals surface area contributed by atoms with Gasteiger partial charge in [-0.3, -0.25) is 4.90 Å². The van der Waals surface area contributed by atoms with E-state index in [4.69, 9.17) is 6.42 Å². The summed E-state index contributed by atoms with van der Waals surface area (Å²) in [6, 6.07) is 1.40. The van der Waals surface area contributed by atoms with Gasteiger partial charge in [0, 0.05) is 31.6 Å². The summed E-state index contributed by atoms with van der Waals surface area (Å²) in [5.74, 6) is 3.52. The molecule has 0 aliphatic carbocycles. The molecule has 1 aliphatic heterocycles. The maximum Gasteiger partial charge on any atom is 0.0218 e. The molecule has 1 saturated heterocycles. The van der Waals surface area contributed by atoms with Crippen molar-refractivity contribution in [2.24, 2.45) is 5.92 Å². The van der Waals surface area contributed by atoms with Gasteiger partial charge in [-0.05, 0) is 38.1 Å². The minimum atomic E-state index is 0.681. The Morgan fingerprint density at radius 3 is 2.78 bits per heavy atom. The van der Waals surface area contributed by atoms with Crippen molar-refractivity contribution in [1.29, 1.82) is 0 Å². The molecule has 0 radical (unpaired) electrons. The summed E-state index contributed by atoms with van der Waals surface area (Å²) < 4.78 is 0. The Morgan fingerprint density at radius 1 is 1.39 bits per heavy atom. The molecule has 104 valence electrons. The first-order chi connectivity index (χ1) is 8.67. The smallest absolute Gasteiger partial charge is 0.0218 e. The number of nitrogens with zero attached hydrogens (tertiary/aromatic N) is 1. The maximum atomic E-state index is 5.30. The highest BCUT2D eigenvalue weighted by Crippen LogP contribution is 2.16. The molecule has 2 unspecified atom stereocenters. The van der Waals surface area contributed by atoms with Gasteiger partial charge in [0.1, 0.15) is 0 Å². The van der Waals surface area contributed by atoms with Crippen LogP contribution in [-0.4, -0.2) is 36.6 Å². The van der Waals surface area contributed by atoms with E-state index in [2.05, 4.69) is 36.9 Å². The van der Waals surface area contributed by atoms with Crippen LogP contribution in [0.3, 0.4) is 0 Å². The molecule has 2 heteroatoms. The zero-order valence-electron chi connectivity index (χ0n) is 12.4. The number of hydrogen-bond donors (Lipinski definition) is 1. The number of unbranched alkanes of at least 4 members (excludes halogenated alkanes) is 2. The topological polar surface area (TPSA) is 15.3 Å². The van der Waals surface area contributed by atoms with Crippen molar-refractivity contribution in [3.63, 3.8) is 0 Å². The molecule has 0 bridgehead atoms. The highest BCUT2D eigenvalue weighted by atomic mass is 15.2. The average Bonchev–Trinajstić information content (AvgIpc) is 2.34. The van der Waals surface area contributed by atoms with Gasteiger partial charge in [0.2, 0.25) is 0 Å². The van der Waals surface area contributed by atoms with Gasteiger partial charge in [0.05, 0.1) is 0 Å². The molecule has 0 aromatic heterocycles. The first-order valence-corrected chi connectivity index (χ1v) is 7.58. The van der Waals surface area contributed by atoms with E-state index in [9.17, 15) is 0 Å². The summed E-state index contributed by atoms with van der Waals surface area (Å²) in [6.45, 7) is 10.5. The Morgan fingerprint density at radius 2 is 2.17 bits per heavy atom. The molecule has 1 aliphatic rings. The third-order valence-electron chi connectivity index (χ3n) is 3.86. The first kappa shape index (κ1) is 15.5. The molecule has 1 heterocycles. The normalized spacial score (nSPS) is 25.3. The first-order valence-electron chi connectivity index (χ1n) is 7.58. The van der Waals surface area contributed by atoms with Gasteiger partial charge in [-0.1, -0.05) is 20.8 Å². The lowest BCUT2D eigenvalue weighted by atomic mass is 9.98. The van der Waals surface area contributed by atoms with Crippen molar-refractivity contribution in [2.75, 3.05) is 19.6 Å². The van der Waals surface area contributed by atoms with Crippen molar-refractivity contribution >= 4 is 0 Å². The SMILES string of the molecule is C#CCCCCN1CC(CC(C)C)NCC1CC. The second-order valence-corrected chi connectivity index (χ2v) is 5.95. The second-order valence-electron chi connectivity index (χ2n) is 5.95. The van der Waals surface area contributed by atoms with Crippen LogP contribution >= 0.6 is 0 Å². The quantitative estimate of drug-likeness (QED) is 0.552. The van der Waals surface area contributed by atoms with Crippen molar-refractivity contribution in [1.82, 2.24) is 10.2 Å². The number of rotatable bonds is 7. The molecular formula is C16H30N2. The van der Waals surface area contributed by atoms with Crippen LogP contribution < -0.4 is 5.32 Å². The van der Waals surface area contributed by atoms with E-state index in [-0.39, 0.29) is 0 Å². The second kappa shape index (κ2) is 8.56. The van der Waals surface area contributed by atoms with E-state index >= 15 is 0 Å². The Balaban J connectivity index is 2.36. The molecule has 1 fully saturated rings. The van der Waals surface area contributed by atoms with E-state index in [0.29, 0.717) is 6.04 Å². The summed E-state index contributed by atoms with van der Waals surface area (Å²) in [6.07, 6.45) is 11.2. The van der Waals surface area contributed by atoms with Crippen molar-refractivity contribution in [3.8, 4) is 12.3 Å². The molecule has 0 aromatic rings. The average molecular weight is 250 g/mol. The fraction of sp³-hybridized carbons (Fsp3) is 0.875. The van der Waals surface area contributed by atoms with Gasteiger partial charge >= 0.3 is 0 Å². The molecule has 2 nitrogen and oxygen atoms in total. The molecule has 0 amide bonds. The zero-order valence-corrected chi connectivity index (χ0v) is 12.4. The van der Waals surface area contributed by atoms with Crippen molar-refractivity contribution < 1.29 is 0 Å². The van der Waals surface area contributed by atoms with Crippen molar-refractivity contribution in [3.05, 3.63) is 0 Å². The van der Waals surface area contributed by atoms with Gasteiger partial charge in [-0.25, -0.2) is 0 Å². The summed E-state index contributed by atoms with van der Waals surface area (Å²) in [4.78, 5) is 2.68. The summed E-state index contributed by atoms with van der Waals surface area (Å²) in [7, 11) is 0. The van der Waals surface area contributed by atoms with Gasteiger partial charge in [-0.2, -0.15) is 0 Å². The van der Waals surface area contributed by atoms with Gasteiger partial charge in [-0.15, -0.1) is 12.3 Å². The lowest BCUT2D eigenvalue weighted by Crippen LogP contribution is -2.56. The fourth-order valence-electron chi connectivity index (χ4n) is 2.87. The predicted molar refractivity (Wildman–Crippen MR) is 79.6 cm³/mol. The minimum absolute atomic E-state index is 0.681.